The summed E-state index contributed by atoms with van der Waals surface area (Å²) in [4.78, 5) is 24.7. The van der Waals surface area contributed by atoms with Crippen molar-refractivity contribution in [3.8, 4) is 0 Å². The van der Waals surface area contributed by atoms with Gasteiger partial charge in [-0.05, 0) is 26.0 Å². The van der Waals surface area contributed by atoms with Gasteiger partial charge >= 0.3 is 5.97 Å². The lowest BCUT2D eigenvalue weighted by atomic mass is 10.2. The van der Waals surface area contributed by atoms with E-state index < -0.39 is 5.97 Å². The van der Waals surface area contributed by atoms with E-state index in [2.05, 4.69) is 10.3 Å². The summed E-state index contributed by atoms with van der Waals surface area (Å²) in [6, 6.07) is 6.91. The normalized spacial score (nSPS) is 11.4. The van der Waals surface area contributed by atoms with Crippen LogP contribution in [-0.4, -0.2) is 43.6 Å². The van der Waals surface area contributed by atoms with Crippen molar-refractivity contribution < 1.29 is 9.90 Å². The molecular formula is C13H16N4O3. The van der Waals surface area contributed by atoms with E-state index in [9.17, 15) is 9.59 Å². The second kappa shape index (κ2) is 5.79. The smallest absolute Gasteiger partial charge is 0.317 e. The molecule has 1 aromatic heterocycles. The van der Waals surface area contributed by atoms with Crippen LogP contribution in [0.1, 0.15) is 13.8 Å². The highest BCUT2D eigenvalue weighted by Gasteiger charge is 2.15. The van der Waals surface area contributed by atoms with Crippen molar-refractivity contribution in [2.45, 2.75) is 26.6 Å². The Bertz CT molecular complexity index is 681. The van der Waals surface area contributed by atoms with Crippen LogP contribution in [0.3, 0.4) is 0 Å². The molecule has 7 nitrogen and oxygen atoms in total. The highest BCUT2D eigenvalue weighted by Crippen LogP contribution is 2.04. The van der Waals surface area contributed by atoms with Gasteiger partial charge in [0.25, 0.3) is 5.56 Å². The van der Waals surface area contributed by atoms with Crippen LogP contribution >= 0.6 is 0 Å². The number of rotatable bonds is 5. The number of aliphatic carboxylic acids is 1. The fourth-order valence-corrected chi connectivity index (χ4v) is 1.86. The van der Waals surface area contributed by atoms with Crippen LogP contribution in [0.2, 0.25) is 0 Å². The Morgan fingerprint density at radius 2 is 2.10 bits per heavy atom. The molecule has 0 aliphatic heterocycles. The maximum absolute atomic E-state index is 12.3. The van der Waals surface area contributed by atoms with Crippen LogP contribution in [0.4, 0.5) is 0 Å². The van der Waals surface area contributed by atoms with E-state index in [0.717, 1.165) is 0 Å². The summed E-state index contributed by atoms with van der Waals surface area (Å²) >= 11 is 0. The second-order valence-corrected chi connectivity index (χ2v) is 4.79. The van der Waals surface area contributed by atoms with Crippen LogP contribution in [0.25, 0.3) is 10.9 Å². The number of hydrogen-bond donors (Lipinski definition) is 1. The van der Waals surface area contributed by atoms with Gasteiger partial charge in [0.15, 0.2) is 0 Å². The molecule has 0 saturated carbocycles. The second-order valence-electron chi connectivity index (χ2n) is 4.79. The third-order valence-electron chi connectivity index (χ3n) is 3.01. The van der Waals surface area contributed by atoms with Crippen molar-refractivity contribution in [3.05, 3.63) is 34.6 Å². The largest absolute Gasteiger partial charge is 0.480 e. The predicted octanol–water partition coefficient (Wildman–Crippen LogP) is 0.544. The standard InChI is InChI=1S/C13H16N4O3/c1-9(2)16(7-12(18)19)8-17-13(20)10-5-3-4-6-11(10)14-15-17/h3-6,9H,7-8H2,1-2H3,(H,18,19). The molecule has 1 heterocycles. The summed E-state index contributed by atoms with van der Waals surface area (Å²) in [7, 11) is 0. The molecule has 0 radical (unpaired) electrons. The molecular weight excluding hydrogens is 260 g/mol. The molecule has 0 unspecified atom stereocenters. The monoisotopic (exact) mass is 276 g/mol. The number of fused-ring (bicyclic) bond motifs is 1. The molecule has 0 amide bonds. The van der Waals surface area contributed by atoms with Crippen molar-refractivity contribution in [1.82, 2.24) is 19.9 Å². The van der Waals surface area contributed by atoms with Gasteiger partial charge < -0.3 is 5.11 Å². The Balaban J connectivity index is 2.35. The number of nitrogens with zero attached hydrogens (tertiary/aromatic N) is 4. The first-order valence-electron chi connectivity index (χ1n) is 6.27. The highest BCUT2D eigenvalue weighted by molar-refractivity contribution is 5.76. The van der Waals surface area contributed by atoms with Crippen molar-refractivity contribution in [2.24, 2.45) is 0 Å². The average molecular weight is 276 g/mol. The van der Waals surface area contributed by atoms with Gasteiger partial charge in [0.1, 0.15) is 5.52 Å². The molecule has 2 aromatic rings. The summed E-state index contributed by atoms with van der Waals surface area (Å²) < 4.78 is 1.19. The first-order valence-corrected chi connectivity index (χ1v) is 6.27. The van der Waals surface area contributed by atoms with Crippen molar-refractivity contribution >= 4 is 16.9 Å². The van der Waals surface area contributed by atoms with E-state index in [1.807, 2.05) is 13.8 Å². The lowest BCUT2D eigenvalue weighted by molar-refractivity contribution is -0.139. The molecule has 20 heavy (non-hydrogen) atoms. The third-order valence-corrected chi connectivity index (χ3v) is 3.01. The number of hydrogen-bond acceptors (Lipinski definition) is 5. The lowest BCUT2D eigenvalue weighted by Gasteiger charge is -2.24. The quantitative estimate of drug-likeness (QED) is 0.857. The van der Waals surface area contributed by atoms with Crippen LogP contribution in [-0.2, 0) is 11.5 Å². The average Bonchev–Trinajstić information content (AvgIpc) is 2.40. The maximum Gasteiger partial charge on any atom is 0.317 e. The van der Waals surface area contributed by atoms with Gasteiger partial charge in [0.2, 0.25) is 0 Å². The number of carboxylic acid groups (broad SMARTS) is 1. The van der Waals surface area contributed by atoms with E-state index >= 15 is 0 Å². The highest BCUT2D eigenvalue weighted by atomic mass is 16.4. The molecule has 0 spiro atoms. The zero-order chi connectivity index (χ0) is 14.7. The predicted molar refractivity (Wildman–Crippen MR) is 73.3 cm³/mol. The molecule has 7 heteroatoms. The summed E-state index contributed by atoms with van der Waals surface area (Å²) in [6.45, 7) is 3.67. The molecule has 0 bridgehead atoms. The van der Waals surface area contributed by atoms with E-state index in [4.69, 9.17) is 5.11 Å². The SMILES string of the molecule is CC(C)N(CC(=O)O)Cn1nnc2ccccc2c1=O. The zero-order valence-corrected chi connectivity index (χ0v) is 11.4. The van der Waals surface area contributed by atoms with Gasteiger partial charge in [-0.15, -0.1) is 5.10 Å². The number of benzene rings is 1. The molecule has 1 aromatic carbocycles. The van der Waals surface area contributed by atoms with Gasteiger partial charge in [-0.3, -0.25) is 14.5 Å². The molecule has 0 aliphatic rings. The lowest BCUT2D eigenvalue weighted by Crippen LogP contribution is -2.41. The molecule has 2 rings (SSSR count). The minimum atomic E-state index is -0.944. The zero-order valence-electron chi connectivity index (χ0n) is 11.4. The summed E-state index contributed by atoms with van der Waals surface area (Å²) in [5, 5.41) is 17.2. The number of carboxylic acids is 1. The van der Waals surface area contributed by atoms with E-state index in [1.165, 1.54) is 4.68 Å². The van der Waals surface area contributed by atoms with Gasteiger partial charge in [0, 0.05) is 6.04 Å². The molecule has 0 saturated heterocycles. The van der Waals surface area contributed by atoms with Crippen molar-refractivity contribution in [3.63, 3.8) is 0 Å². The summed E-state index contributed by atoms with van der Waals surface area (Å²) in [5.41, 5.74) is 0.259. The number of carbonyl (C=O) groups is 1. The Hall–Kier alpha value is -2.28. The Morgan fingerprint density at radius 3 is 2.75 bits per heavy atom. The summed E-state index contributed by atoms with van der Waals surface area (Å²) in [6.07, 6.45) is 0. The topological polar surface area (TPSA) is 88.3 Å². The molecule has 0 aliphatic carbocycles. The fourth-order valence-electron chi connectivity index (χ4n) is 1.86. The maximum atomic E-state index is 12.3. The Kier molecular flexibility index (Phi) is 4.09. The van der Waals surface area contributed by atoms with Gasteiger partial charge in [-0.2, -0.15) is 4.68 Å². The van der Waals surface area contributed by atoms with Crippen LogP contribution < -0.4 is 5.56 Å². The minimum Gasteiger partial charge on any atom is -0.480 e. The van der Waals surface area contributed by atoms with Crippen molar-refractivity contribution in [1.29, 1.82) is 0 Å². The number of aromatic nitrogens is 3. The van der Waals surface area contributed by atoms with Gasteiger partial charge in [-0.25, -0.2) is 0 Å². The van der Waals surface area contributed by atoms with E-state index in [-0.39, 0.29) is 24.8 Å². The van der Waals surface area contributed by atoms with Crippen LogP contribution in [0, 0.1) is 0 Å². The minimum absolute atomic E-state index is 0.0220. The molecule has 1 N–H and O–H groups in total. The van der Waals surface area contributed by atoms with E-state index in [0.29, 0.717) is 10.9 Å². The summed E-state index contributed by atoms with van der Waals surface area (Å²) in [5.74, 6) is -0.944. The Labute approximate surface area is 115 Å². The van der Waals surface area contributed by atoms with Gasteiger partial charge in [0.05, 0.1) is 18.6 Å². The molecule has 0 atom stereocenters. The van der Waals surface area contributed by atoms with E-state index in [1.54, 1.807) is 29.2 Å². The van der Waals surface area contributed by atoms with Crippen molar-refractivity contribution in [2.75, 3.05) is 6.54 Å². The molecule has 106 valence electrons. The fraction of sp³-hybridized carbons (Fsp3) is 0.385. The van der Waals surface area contributed by atoms with Crippen LogP contribution in [0.15, 0.2) is 29.1 Å². The third kappa shape index (κ3) is 3.00. The van der Waals surface area contributed by atoms with Gasteiger partial charge in [-0.1, -0.05) is 17.3 Å². The first-order chi connectivity index (χ1) is 9.49. The Morgan fingerprint density at radius 1 is 1.40 bits per heavy atom. The molecule has 0 fully saturated rings. The first kappa shape index (κ1) is 14.1. The van der Waals surface area contributed by atoms with Crippen LogP contribution in [0.5, 0.6) is 0 Å².